The number of carbonyl (C=O) groups is 2. The van der Waals surface area contributed by atoms with E-state index in [4.69, 9.17) is 5.26 Å². The zero-order valence-corrected chi connectivity index (χ0v) is 11.0. The largest absolute Gasteiger partial charge is 0.462 e. The van der Waals surface area contributed by atoms with Crippen LogP contribution in [0.25, 0.3) is 0 Å². The minimum atomic E-state index is -4.67. The zero-order valence-electron chi connectivity index (χ0n) is 10.2. The Morgan fingerprint density at radius 3 is 2.60 bits per heavy atom. The SMILES string of the molecule is CCOC(=O)c1cc(C#N)cc(C=O)c1SC(F)(F)F. The maximum Gasteiger partial charge on any atom is 0.446 e. The maximum absolute atomic E-state index is 12.5. The third-order valence-corrected chi connectivity index (χ3v) is 2.98. The van der Waals surface area contributed by atoms with Gasteiger partial charge in [-0.25, -0.2) is 4.79 Å². The fraction of sp³-hybridized carbons (Fsp3) is 0.250. The van der Waals surface area contributed by atoms with Gasteiger partial charge in [0.1, 0.15) is 0 Å². The molecule has 0 aliphatic heterocycles. The predicted octanol–water partition coefficient (Wildman–Crippen LogP) is 3.16. The summed E-state index contributed by atoms with van der Waals surface area (Å²) < 4.78 is 42.1. The molecule has 1 aromatic rings. The van der Waals surface area contributed by atoms with Crippen molar-refractivity contribution in [3.8, 4) is 6.07 Å². The number of aldehydes is 1. The van der Waals surface area contributed by atoms with E-state index in [1.807, 2.05) is 0 Å². The van der Waals surface area contributed by atoms with E-state index in [2.05, 4.69) is 4.74 Å². The first-order chi connectivity index (χ1) is 9.32. The summed E-state index contributed by atoms with van der Waals surface area (Å²) in [7, 11) is 0. The highest BCUT2D eigenvalue weighted by Crippen LogP contribution is 2.40. The van der Waals surface area contributed by atoms with Crippen LogP contribution in [0.2, 0.25) is 0 Å². The number of ether oxygens (including phenoxy) is 1. The topological polar surface area (TPSA) is 67.2 Å². The molecule has 0 aliphatic carbocycles. The van der Waals surface area contributed by atoms with Crippen LogP contribution in [0, 0.1) is 11.3 Å². The Balaban J connectivity index is 3.47. The van der Waals surface area contributed by atoms with Gasteiger partial charge in [-0.15, -0.1) is 0 Å². The monoisotopic (exact) mass is 303 g/mol. The number of nitriles is 1. The predicted molar refractivity (Wildman–Crippen MR) is 64.4 cm³/mol. The van der Waals surface area contributed by atoms with E-state index < -0.39 is 33.7 Å². The van der Waals surface area contributed by atoms with Crippen LogP contribution >= 0.6 is 11.8 Å². The molecule has 0 aromatic heterocycles. The molecule has 0 spiro atoms. The molecule has 0 amide bonds. The van der Waals surface area contributed by atoms with Crippen LogP contribution in [-0.4, -0.2) is 24.4 Å². The van der Waals surface area contributed by atoms with Gasteiger partial charge in [0.2, 0.25) is 0 Å². The second-order valence-electron chi connectivity index (χ2n) is 3.44. The number of hydrogen-bond donors (Lipinski definition) is 0. The maximum atomic E-state index is 12.5. The fourth-order valence-electron chi connectivity index (χ4n) is 1.39. The normalized spacial score (nSPS) is 10.8. The molecule has 106 valence electrons. The van der Waals surface area contributed by atoms with Crippen molar-refractivity contribution in [2.75, 3.05) is 6.61 Å². The molecular weight excluding hydrogens is 295 g/mol. The molecule has 0 saturated heterocycles. The quantitative estimate of drug-likeness (QED) is 0.485. The summed E-state index contributed by atoms with van der Waals surface area (Å²) in [5, 5.41) is 8.77. The smallest absolute Gasteiger partial charge is 0.446 e. The van der Waals surface area contributed by atoms with Crippen molar-refractivity contribution in [3.63, 3.8) is 0 Å². The average molecular weight is 303 g/mol. The van der Waals surface area contributed by atoms with Crippen LogP contribution < -0.4 is 0 Å². The van der Waals surface area contributed by atoms with Crippen LogP contribution in [0.4, 0.5) is 13.2 Å². The Labute approximate surface area is 116 Å². The highest BCUT2D eigenvalue weighted by molar-refractivity contribution is 8.00. The van der Waals surface area contributed by atoms with Crippen molar-refractivity contribution < 1.29 is 27.5 Å². The van der Waals surface area contributed by atoms with E-state index in [0.717, 1.165) is 12.1 Å². The second kappa shape index (κ2) is 6.43. The van der Waals surface area contributed by atoms with Gasteiger partial charge in [0, 0.05) is 10.5 Å². The van der Waals surface area contributed by atoms with Crippen LogP contribution in [0.5, 0.6) is 0 Å². The van der Waals surface area contributed by atoms with Crippen molar-refractivity contribution in [2.24, 2.45) is 0 Å². The molecule has 0 atom stereocenters. The van der Waals surface area contributed by atoms with Crippen molar-refractivity contribution >= 4 is 24.0 Å². The molecule has 0 N–H and O–H groups in total. The van der Waals surface area contributed by atoms with Gasteiger partial charge >= 0.3 is 11.5 Å². The highest BCUT2D eigenvalue weighted by Gasteiger charge is 2.33. The Bertz CT molecular complexity index is 579. The fourth-order valence-corrected chi connectivity index (χ4v) is 2.10. The second-order valence-corrected chi connectivity index (χ2v) is 4.52. The summed E-state index contributed by atoms with van der Waals surface area (Å²) in [6.45, 7) is 1.45. The van der Waals surface area contributed by atoms with Crippen molar-refractivity contribution in [2.45, 2.75) is 17.3 Å². The van der Waals surface area contributed by atoms with Gasteiger partial charge in [0.05, 0.1) is 23.8 Å². The Kier molecular flexibility index (Phi) is 5.16. The number of nitrogens with zero attached hydrogens (tertiary/aromatic N) is 1. The third kappa shape index (κ3) is 3.99. The summed E-state index contributed by atoms with van der Waals surface area (Å²) in [4.78, 5) is 22.0. The van der Waals surface area contributed by atoms with E-state index in [1.165, 1.54) is 6.92 Å². The lowest BCUT2D eigenvalue weighted by atomic mass is 10.1. The molecule has 0 radical (unpaired) electrons. The number of thioether (sulfide) groups is 1. The van der Waals surface area contributed by atoms with Gasteiger partial charge < -0.3 is 4.74 Å². The van der Waals surface area contributed by atoms with Crippen molar-refractivity contribution in [1.29, 1.82) is 5.26 Å². The molecule has 0 unspecified atom stereocenters. The van der Waals surface area contributed by atoms with E-state index in [0.29, 0.717) is 0 Å². The number of benzene rings is 1. The molecular formula is C12H8F3NO3S. The van der Waals surface area contributed by atoms with Crippen LogP contribution in [0.15, 0.2) is 17.0 Å². The van der Waals surface area contributed by atoms with Gasteiger partial charge in [-0.2, -0.15) is 18.4 Å². The summed E-state index contributed by atoms with van der Waals surface area (Å²) in [6.07, 6.45) is 0.164. The molecule has 4 nitrogen and oxygen atoms in total. The third-order valence-electron chi connectivity index (χ3n) is 2.09. The van der Waals surface area contributed by atoms with Gasteiger partial charge in [-0.05, 0) is 30.8 Å². The van der Waals surface area contributed by atoms with Crippen LogP contribution in [0.1, 0.15) is 33.2 Å². The molecule has 8 heteroatoms. The lowest BCUT2D eigenvalue weighted by Gasteiger charge is -2.13. The van der Waals surface area contributed by atoms with E-state index in [-0.39, 0.29) is 24.0 Å². The lowest BCUT2D eigenvalue weighted by Crippen LogP contribution is -2.11. The first-order valence-corrected chi connectivity index (χ1v) is 6.10. The number of esters is 1. The molecule has 0 heterocycles. The molecule has 0 aliphatic rings. The highest BCUT2D eigenvalue weighted by atomic mass is 32.2. The molecule has 20 heavy (non-hydrogen) atoms. The molecule has 0 bridgehead atoms. The molecule has 0 saturated carbocycles. The number of rotatable bonds is 4. The van der Waals surface area contributed by atoms with Gasteiger partial charge in [0.15, 0.2) is 6.29 Å². The van der Waals surface area contributed by atoms with Crippen LogP contribution in [-0.2, 0) is 4.74 Å². The number of carbonyl (C=O) groups excluding carboxylic acids is 2. The van der Waals surface area contributed by atoms with Gasteiger partial charge in [-0.3, -0.25) is 4.79 Å². The first-order valence-electron chi connectivity index (χ1n) is 5.28. The number of hydrogen-bond acceptors (Lipinski definition) is 5. The van der Waals surface area contributed by atoms with E-state index in [9.17, 15) is 22.8 Å². The van der Waals surface area contributed by atoms with E-state index in [1.54, 1.807) is 6.07 Å². The number of alkyl halides is 3. The van der Waals surface area contributed by atoms with Crippen molar-refractivity contribution in [1.82, 2.24) is 0 Å². The molecule has 1 rings (SSSR count). The Morgan fingerprint density at radius 2 is 2.15 bits per heavy atom. The Hall–Kier alpha value is -2.01. The average Bonchev–Trinajstić information content (AvgIpc) is 2.37. The summed E-state index contributed by atoms with van der Waals surface area (Å²) >= 11 is -0.590. The molecule has 1 aromatic carbocycles. The minimum Gasteiger partial charge on any atom is -0.462 e. The van der Waals surface area contributed by atoms with Crippen LogP contribution in [0.3, 0.4) is 0 Å². The van der Waals surface area contributed by atoms with Gasteiger partial charge in [-0.1, -0.05) is 0 Å². The van der Waals surface area contributed by atoms with E-state index >= 15 is 0 Å². The van der Waals surface area contributed by atoms with Gasteiger partial charge in [0.25, 0.3) is 0 Å². The summed E-state index contributed by atoms with van der Waals surface area (Å²) in [5.41, 5.74) is -5.60. The summed E-state index contributed by atoms with van der Waals surface area (Å²) in [5.74, 6) is -1.01. The minimum absolute atomic E-state index is 0.0395. The molecule has 0 fully saturated rings. The summed E-state index contributed by atoms with van der Waals surface area (Å²) in [6, 6.07) is 3.63. The standard InChI is InChI=1S/C12H8F3NO3S/c1-2-19-11(18)9-4-7(5-16)3-8(6-17)10(9)20-12(13,14)15/h3-4,6H,2H2,1H3. The first kappa shape index (κ1) is 16.0. The lowest BCUT2D eigenvalue weighted by molar-refractivity contribution is -0.0328. The zero-order chi connectivity index (χ0) is 15.3. The van der Waals surface area contributed by atoms with Crippen molar-refractivity contribution in [3.05, 3.63) is 28.8 Å². The number of halogens is 3. The Morgan fingerprint density at radius 1 is 1.50 bits per heavy atom.